The highest BCUT2D eigenvalue weighted by Crippen LogP contribution is 2.32. The quantitative estimate of drug-likeness (QED) is 0.775. The molecule has 0 aliphatic carbocycles. The van der Waals surface area contributed by atoms with Gasteiger partial charge in [-0.25, -0.2) is 4.98 Å². The number of rotatable bonds is 5. The molecule has 24 heavy (non-hydrogen) atoms. The highest BCUT2D eigenvalue weighted by molar-refractivity contribution is 7.22. The number of anilines is 1. The number of carbonyl (C=O) groups is 1. The molecule has 0 saturated carbocycles. The van der Waals surface area contributed by atoms with E-state index in [1.165, 1.54) is 10.3 Å². The highest BCUT2D eigenvalue weighted by Gasteiger charge is 2.14. The molecule has 0 aliphatic heterocycles. The van der Waals surface area contributed by atoms with Crippen molar-refractivity contribution in [2.45, 2.75) is 20.4 Å². The third-order valence-corrected chi connectivity index (χ3v) is 5.18. The van der Waals surface area contributed by atoms with Gasteiger partial charge in [-0.15, -0.1) is 0 Å². The molecule has 0 unspecified atom stereocenters. The van der Waals surface area contributed by atoms with Crippen LogP contribution in [0.25, 0.3) is 10.2 Å². The Balaban J connectivity index is 1.66. The third-order valence-electron chi connectivity index (χ3n) is 3.88. The van der Waals surface area contributed by atoms with Crippen molar-refractivity contribution < 1.29 is 4.79 Å². The summed E-state index contributed by atoms with van der Waals surface area (Å²) in [5, 5.41) is 3.79. The molecule has 3 aromatic rings. The molecule has 0 atom stereocenters. The van der Waals surface area contributed by atoms with Crippen LogP contribution in [0.3, 0.4) is 0 Å². The van der Waals surface area contributed by atoms with E-state index in [1.54, 1.807) is 23.7 Å². The zero-order chi connectivity index (χ0) is 17.1. The van der Waals surface area contributed by atoms with Crippen molar-refractivity contribution in [1.29, 1.82) is 0 Å². The zero-order valence-corrected chi connectivity index (χ0v) is 14.9. The fraction of sp³-hybridized carbons (Fsp3) is 0.278. The monoisotopic (exact) mass is 340 g/mol. The number of aryl methyl sites for hydroxylation is 2. The number of nitrogens with zero attached hydrogens (tertiary/aromatic N) is 3. The van der Waals surface area contributed by atoms with Crippen LogP contribution >= 0.6 is 11.3 Å². The van der Waals surface area contributed by atoms with Crippen LogP contribution in [0.2, 0.25) is 0 Å². The average Bonchev–Trinajstić information content (AvgIpc) is 3.04. The molecular weight excluding hydrogens is 320 g/mol. The zero-order valence-electron chi connectivity index (χ0n) is 14.0. The number of thiazole rings is 1. The summed E-state index contributed by atoms with van der Waals surface area (Å²) in [6, 6.07) is 7.98. The fourth-order valence-corrected chi connectivity index (χ4v) is 3.52. The summed E-state index contributed by atoms with van der Waals surface area (Å²) in [4.78, 5) is 22.7. The summed E-state index contributed by atoms with van der Waals surface area (Å²) in [7, 11) is 1.90. The number of amides is 1. The molecule has 2 aromatic heterocycles. The van der Waals surface area contributed by atoms with Crippen LogP contribution < -0.4 is 10.2 Å². The Morgan fingerprint density at radius 3 is 2.58 bits per heavy atom. The maximum atomic E-state index is 12.2. The van der Waals surface area contributed by atoms with Crippen molar-refractivity contribution >= 4 is 32.6 Å². The molecule has 1 amide bonds. The Morgan fingerprint density at radius 2 is 1.88 bits per heavy atom. The molecule has 6 heteroatoms. The van der Waals surface area contributed by atoms with Crippen molar-refractivity contribution in [3.05, 3.63) is 53.3 Å². The minimum Gasteiger partial charge on any atom is -0.350 e. The molecule has 0 fully saturated rings. The standard InChI is InChI=1S/C18H20N4OS/c1-12-4-5-13(2)17-16(12)21-18(24-17)22(3)11-15(23)20-10-14-6-8-19-9-7-14/h4-9H,10-11H2,1-3H3,(H,20,23). The minimum atomic E-state index is -0.0259. The number of pyridine rings is 1. The first-order chi connectivity index (χ1) is 11.5. The van der Waals surface area contributed by atoms with Crippen molar-refractivity contribution in [2.24, 2.45) is 0 Å². The van der Waals surface area contributed by atoms with Gasteiger partial charge in [-0.2, -0.15) is 0 Å². The molecule has 1 N–H and O–H groups in total. The van der Waals surface area contributed by atoms with E-state index in [4.69, 9.17) is 4.98 Å². The Hall–Kier alpha value is -2.47. The maximum Gasteiger partial charge on any atom is 0.239 e. The molecule has 0 aliphatic rings. The number of hydrogen-bond donors (Lipinski definition) is 1. The van der Waals surface area contributed by atoms with Gasteiger partial charge in [0, 0.05) is 26.0 Å². The van der Waals surface area contributed by atoms with Gasteiger partial charge in [-0.05, 0) is 42.7 Å². The van der Waals surface area contributed by atoms with Crippen LogP contribution in [0.15, 0.2) is 36.7 Å². The Bertz CT molecular complexity index is 821. The summed E-state index contributed by atoms with van der Waals surface area (Å²) in [6.45, 7) is 4.94. The number of carbonyl (C=O) groups excluding carboxylic acids is 1. The van der Waals surface area contributed by atoms with Gasteiger partial charge in [-0.1, -0.05) is 23.5 Å². The van der Waals surface area contributed by atoms with E-state index in [1.807, 2.05) is 24.1 Å². The SMILES string of the molecule is Cc1ccc(C)c2sc(N(C)CC(=O)NCc3ccncc3)nc12. The number of hydrogen-bond acceptors (Lipinski definition) is 5. The molecular formula is C18H20N4OS. The molecule has 0 saturated heterocycles. The van der Waals surface area contributed by atoms with Gasteiger partial charge in [0.25, 0.3) is 0 Å². The third kappa shape index (κ3) is 3.54. The van der Waals surface area contributed by atoms with Gasteiger partial charge in [0.2, 0.25) is 5.91 Å². The second-order valence-corrected chi connectivity index (χ2v) is 6.84. The van der Waals surface area contributed by atoms with E-state index >= 15 is 0 Å². The first-order valence-electron chi connectivity index (χ1n) is 7.78. The summed E-state index contributed by atoms with van der Waals surface area (Å²) in [5.41, 5.74) is 4.44. The van der Waals surface area contributed by atoms with E-state index in [2.05, 4.69) is 36.3 Å². The van der Waals surface area contributed by atoms with E-state index < -0.39 is 0 Å². The summed E-state index contributed by atoms with van der Waals surface area (Å²) in [5.74, 6) is -0.0259. The number of nitrogens with one attached hydrogen (secondary N) is 1. The van der Waals surface area contributed by atoms with E-state index in [9.17, 15) is 4.79 Å². The first-order valence-corrected chi connectivity index (χ1v) is 8.59. The maximum absolute atomic E-state index is 12.2. The molecule has 0 radical (unpaired) electrons. The van der Waals surface area contributed by atoms with Gasteiger partial charge < -0.3 is 10.2 Å². The summed E-state index contributed by atoms with van der Waals surface area (Å²) < 4.78 is 1.19. The summed E-state index contributed by atoms with van der Waals surface area (Å²) in [6.07, 6.45) is 3.44. The van der Waals surface area contributed by atoms with Crippen LogP contribution in [0.4, 0.5) is 5.13 Å². The first kappa shape index (κ1) is 16.4. The fourth-order valence-electron chi connectivity index (χ4n) is 2.45. The lowest BCUT2D eigenvalue weighted by molar-refractivity contribution is -0.119. The van der Waals surface area contributed by atoms with Crippen molar-refractivity contribution in [3.8, 4) is 0 Å². The van der Waals surface area contributed by atoms with Crippen LogP contribution in [0, 0.1) is 13.8 Å². The van der Waals surface area contributed by atoms with Crippen molar-refractivity contribution in [1.82, 2.24) is 15.3 Å². The Morgan fingerprint density at radius 1 is 1.17 bits per heavy atom. The van der Waals surface area contributed by atoms with Gasteiger partial charge in [-0.3, -0.25) is 9.78 Å². The van der Waals surface area contributed by atoms with Gasteiger partial charge in [0.05, 0.1) is 16.8 Å². The highest BCUT2D eigenvalue weighted by atomic mass is 32.1. The van der Waals surface area contributed by atoms with Crippen LogP contribution in [0.5, 0.6) is 0 Å². The lowest BCUT2D eigenvalue weighted by atomic mass is 10.1. The molecule has 0 spiro atoms. The molecule has 3 rings (SSSR count). The molecule has 1 aromatic carbocycles. The van der Waals surface area contributed by atoms with E-state index in [-0.39, 0.29) is 12.5 Å². The van der Waals surface area contributed by atoms with E-state index in [0.717, 1.165) is 21.8 Å². The predicted octanol–water partition coefficient (Wildman–Crippen LogP) is 3.06. The Labute approximate surface area is 145 Å². The number of likely N-dealkylation sites (N-methyl/N-ethyl adjacent to an activating group) is 1. The predicted molar refractivity (Wildman–Crippen MR) is 98.4 cm³/mol. The molecule has 5 nitrogen and oxygen atoms in total. The normalized spacial score (nSPS) is 10.8. The van der Waals surface area contributed by atoms with Crippen molar-refractivity contribution in [2.75, 3.05) is 18.5 Å². The molecule has 2 heterocycles. The number of fused-ring (bicyclic) bond motifs is 1. The van der Waals surface area contributed by atoms with Crippen molar-refractivity contribution in [3.63, 3.8) is 0 Å². The lowest BCUT2D eigenvalue weighted by Crippen LogP contribution is -2.34. The second-order valence-electron chi connectivity index (χ2n) is 5.86. The minimum absolute atomic E-state index is 0.0259. The summed E-state index contributed by atoms with van der Waals surface area (Å²) >= 11 is 1.63. The van der Waals surface area contributed by atoms with Gasteiger partial charge >= 0.3 is 0 Å². The largest absolute Gasteiger partial charge is 0.350 e. The molecule has 124 valence electrons. The Kier molecular flexibility index (Phi) is 4.76. The van der Waals surface area contributed by atoms with Gasteiger partial charge in [0.15, 0.2) is 5.13 Å². The number of aromatic nitrogens is 2. The lowest BCUT2D eigenvalue weighted by Gasteiger charge is -2.15. The molecule has 0 bridgehead atoms. The van der Waals surface area contributed by atoms with Gasteiger partial charge in [0.1, 0.15) is 0 Å². The topological polar surface area (TPSA) is 58.1 Å². The average molecular weight is 340 g/mol. The smallest absolute Gasteiger partial charge is 0.239 e. The van der Waals surface area contributed by atoms with Crippen LogP contribution in [0.1, 0.15) is 16.7 Å². The van der Waals surface area contributed by atoms with Crippen LogP contribution in [-0.2, 0) is 11.3 Å². The van der Waals surface area contributed by atoms with E-state index in [0.29, 0.717) is 6.54 Å². The second kappa shape index (κ2) is 6.97. The van der Waals surface area contributed by atoms with Crippen LogP contribution in [-0.4, -0.2) is 29.5 Å². The number of benzene rings is 1.